The lowest BCUT2D eigenvalue weighted by molar-refractivity contribution is 0.250. The van der Waals surface area contributed by atoms with Crippen molar-refractivity contribution in [1.29, 1.82) is 0 Å². The third kappa shape index (κ3) is 4.09. The molecule has 6 nitrogen and oxygen atoms in total. The van der Waals surface area contributed by atoms with E-state index in [1.54, 1.807) is 0 Å². The van der Waals surface area contributed by atoms with Gasteiger partial charge in [-0.1, -0.05) is 12.8 Å². The minimum atomic E-state index is -3.59. The van der Waals surface area contributed by atoms with E-state index < -0.39 is 10.0 Å². The number of nitrogen functional groups attached to an aromatic ring is 1. The normalized spacial score (nSPS) is 16.7. The molecule has 21 heavy (non-hydrogen) atoms. The van der Waals surface area contributed by atoms with Crippen molar-refractivity contribution in [3.8, 4) is 5.75 Å². The van der Waals surface area contributed by atoms with Crippen molar-refractivity contribution in [1.82, 2.24) is 9.62 Å². The van der Waals surface area contributed by atoms with Crippen LogP contribution < -0.4 is 10.5 Å². The molecule has 0 amide bonds. The van der Waals surface area contributed by atoms with Gasteiger partial charge in [-0.05, 0) is 38.1 Å². The summed E-state index contributed by atoms with van der Waals surface area (Å²) in [7, 11) is -1.56. The third-order valence-electron chi connectivity index (χ3n) is 4.01. The number of aromatic hydroxyl groups is 1. The number of nitrogens with two attached hydrogens (primary N) is 1. The van der Waals surface area contributed by atoms with Crippen molar-refractivity contribution in [2.45, 2.75) is 36.6 Å². The molecule has 1 aromatic rings. The lowest BCUT2D eigenvalue weighted by atomic mass is 10.2. The van der Waals surface area contributed by atoms with Gasteiger partial charge in [-0.15, -0.1) is 0 Å². The molecule has 0 atom stereocenters. The van der Waals surface area contributed by atoms with Crippen LogP contribution in [0, 0.1) is 0 Å². The molecule has 0 heterocycles. The van der Waals surface area contributed by atoms with Crippen molar-refractivity contribution in [2.75, 3.05) is 25.9 Å². The quantitative estimate of drug-likeness (QED) is 0.540. The van der Waals surface area contributed by atoms with E-state index in [0.29, 0.717) is 19.1 Å². The first kappa shape index (κ1) is 16.1. The van der Waals surface area contributed by atoms with Gasteiger partial charge >= 0.3 is 0 Å². The fourth-order valence-electron chi connectivity index (χ4n) is 2.67. The van der Waals surface area contributed by atoms with Crippen LogP contribution in [0.2, 0.25) is 0 Å². The van der Waals surface area contributed by atoms with Gasteiger partial charge in [0.15, 0.2) is 0 Å². The molecule has 0 bridgehead atoms. The maximum atomic E-state index is 12.1. The number of hydrogen-bond donors (Lipinski definition) is 3. The first-order valence-electron chi connectivity index (χ1n) is 7.18. The minimum Gasteiger partial charge on any atom is -0.506 e. The molecule has 0 radical (unpaired) electrons. The first-order valence-corrected chi connectivity index (χ1v) is 8.67. The van der Waals surface area contributed by atoms with Gasteiger partial charge in [0.25, 0.3) is 0 Å². The summed E-state index contributed by atoms with van der Waals surface area (Å²) >= 11 is 0. The van der Waals surface area contributed by atoms with Crippen LogP contribution in [0.5, 0.6) is 5.75 Å². The first-order chi connectivity index (χ1) is 9.90. The molecule has 0 aliphatic heterocycles. The van der Waals surface area contributed by atoms with Gasteiger partial charge in [-0.3, -0.25) is 0 Å². The maximum absolute atomic E-state index is 12.1. The second-order valence-corrected chi connectivity index (χ2v) is 7.30. The van der Waals surface area contributed by atoms with Crippen LogP contribution in [0.3, 0.4) is 0 Å². The number of hydrogen-bond acceptors (Lipinski definition) is 5. The molecule has 4 N–H and O–H groups in total. The summed E-state index contributed by atoms with van der Waals surface area (Å²) in [6.45, 7) is 1.04. The van der Waals surface area contributed by atoms with Crippen molar-refractivity contribution in [2.24, 2.45) is 0 Å². The van der Waals surface area contributed by atoms with Gasteiger partial charge in [0, 0.05) is 19.1 Å². The van der Waals surface area contributed by atoms with Gasteiger partial charge in [0.05, 0.1) is 10.6 Å². The molecular weight excluding hydrogens is 290 g/mol. The number of nitrogens with one attached hydrogen (secondary N) is 1. The smallest absolute Gasteiger partial charge is 0.240 e. The molecule has 2 rings (SSSR count). The van der Waals surface area contributed by atoms with Gasteiger partial charge in [0.2, 0.25) is 10.0 Å². The Labute approximate surface area is 126 Å². The highest BCUT2D eigenvalue weighted by Crippen LogP contribution is 2.23. The van der Waals surface area contributed by atoms with Crippen molar-refractivity contribution >= 4 is 15.7 Å². The number of sulfonamides is 1. The molecule has 1 aliphatic rings. The molecule has 7 heteroatoms. The van der Waals surface area contributed by atoms with Crippen LogP contribution in [0.25, 0.3) is 0 Å². The number of phenols is 1. The Balaban J connectivity index is 1.90. The lowest BCUT2D eigenvalue weighted by Gasteiger charge is -2.23. The van der Waals surface area contributed by atoms with Crippen molar-refractivity contribution < 1.29 is 13.5 Å². The summed E-state index contributed by atoms with van der Waals surface area (Å²) < 4.78 is 26.8. The average molecular weight is 313 g/mol. The fourth-order valence-corrected chi connectivity index (χ4v) is 3.72. The maximum Gasteiger partial charge on any atom is 0.240 e. The summed E-state index contributed by atoms with van der Waals surface area (Å²) in [5.41, 5.74) is 5.58. The minimum absolute atomic E-state index is 0.0564. The summed E-state index contributed by atoms with van der Waals surface area (Å²) in [6.07, 6.45) is 4.90. The zero-order valence-corrected chi connectivity index (χ0v) is 13.1. The fraction of sp³-hybridized carbons (Fsp3) is 0.571. The number of nitrogens with zero attached hydrogens (tertiary/aromatic N) is 1. The van der Waals surface area contributed by atoms with Gasteiger partial charge in [-0.2, -0.15) is 0 Å². The summed E-state index contributed by atoms with van der Waals surface area (Å²) in [4.78, 5) is 2.28. The molecule has 0 aromatic heterocycles. The van der Waals surface area contributed by atoms with E-state index in [0.717, 1.165) is 0 Å². The van der Waals surface area contributed by atoms with Crippen molar-refractivity contribution in [3.05, 3.63) is 18.2 Å². The van der Waals surface area contributed by atoms with Crippen LogP contribution in [0.15, 0.2) is 23.1 Å². The Hall–Kier alpha value is -1.31. The number of phenolic OH excluding ortho intramolecular Hbond substituents is 1. The van der Waals surface area contributed by atoms with Crippen LogP contribution in [-0.2, 0) is 10.0 Å². The topological polar surface area (TPSA) is 95.7 Å². The zero-order valence-electron chi connectivity index (χ0n) is 12.2. The standard InChI is InChI=1S/C14H23N3O3S/c1-17(11-4-2-3-5-11)9-8-16-21(19,20)12-6-7-14(18)13(15)10-12/h6-7,10-11,16,18H,2-5,8-9,15H2,1H3. The highest BCUT2D eigenvalue weighted by molar-refractivity contribution is 7.89. The SMILES string of the molecule is CN(CCNS(=O)(=O)c1ccc(O)c(N)c1)C1CCCC1. The monoisotopic (exact) mass is 313 g/mol. The van der Waals surface area contributed by atoms with Crippen molar-refractivity contribution in [3.63, 3.8) is 0 Å². The van der Waals surface area contributed by atoms with E-state index in [2.05, 4.69) is 9.62 Å². The molecule has 1 aromatic carbocycles. The van der Waals surface area contributed by atoms with Crippen LogP contribution in [0.4, 0.5) is 5.69 Å². The van der Waals surface area contributed by atoms with Gasteiger partial charge in [-0.25, -0.2) is 13.1 Å². The van der Waals surface area contributed by atoms with E-state index in [1.807, 2.05) is 7.05 Å². The van der Waals surface area contributed by atoms with E-state index in [1.165, 1.54) is 43.9 Å². The highest BCUT2D eigenvalue weighted by Gasteiger charge is 2.20. The van der Waals surface area contributed by atoms with E-state index in [4.69, 9.17) is 5.73 Å². The van der Waals surface area contributed by atoms with Gasteiger partial charge in [0.1, 0.15) is 5.75 Å². The Bertz CT molecular complexity index is 583. The molecule has 0 spiro atoms. The highest BCUT2D eigenvalue weighted by atomic mass is 32.2. The van der Waals surface area contributed by atoms with E-state index in [-0.39, 0.29) is 16.3 Å². The third-order valence-corrected chi connectivity index (χ3v) is 5.47. The summed E-state index contributed by atoms with van der Waals surface area (Å²) in [5.74, 6) is -0.116. The Morgan fingerprint density at radius 1 is 1.38 bits per heavy atom. The Kier molecular flexibility index (Phi) is 5.08. The largest absolute Gasteiger partial charge is 0.506 e. The van der Waals surface area contributed by atoms with E-state index in [9.17, 15) is 13.5 Å². The Morgan fingerprint density at radius 2 is 2.05 bits per heavy atom. The summed E-state index contributed by atoms with van der Waals surface area (Å²) in [5, 5.41) is 9.33. The number of anilines is 1. The molecular formula is C14H23N3O3S. The second kappa shape index (κ2) is 6.64. The molecule has 1 fully saturated rings. The van der Waals surface area contributed by atoms with Crippen LogP contribution >= 0.6 is 0 Å². The predicted molar refractivity (Wildman–Crippen MR) is 82.6 cm³/mol. The molecule has 0 unspecified atom stereocenters. The molecule has 0 saturated heterocycles. The van der Waals surface area contributed by atoms with Gasteiger partial charge < -0.3 is 15.7 Å². The number of rotatable bonds is 6. The van der Waals surface area contributed by atoms with Crippen LogP contribution in [-0.4, -0.2) is 44.6 Å². The zero-order chi connectivity index (χ0) is 15.5. The lowest BCUT2D eigenvalue weighted by Crippen LogP contribution is -2.37. The molecule has 1 saturated carbocycles. The summed E-state index contributed by atoms with van der Waals surface area (Å²) in [6, 6.07) is 4.46. The number of benzene rings is 1. The molecule has 118 valence electrons. The van der Waals surface area contributed by atoms with Crippen LogP contribution in [0.1, 0.15) is 25.7 Å². The predicted octanol–water partition coefficient (Wildman–Crippen LogP) is 1.13. The molecule has 1 aliphatic carbocycles. The average Bonchev–Trinajstić information content (AvgIpc) is 2.95. The second-order valence-electron chi connectivity index (χ2n) is 5.54. The van der Waals surface area contributed by atoms with E-state index >= 15 is 0 Å². The number of likely N-dealkylation sites (N-methyl/N-ethyl adjacent to an activating group) is 1. The Morgan fingerprint density at radius 3 is 2.67 bits per heavy atom.